The summed E-state index contributed by atoms with van der Waals surface area (Å²) < 4.78 is 13.2. The molecular formula is C10H7FO2. The van der Waals surface area contributed by atoms with E-state index in [2.05, 4.69) is 0 Å². The Bertz CT molecular complexity index is 407. The quantitative estimate of drug-likeness (QED) is 0.712. The Labute approximate surface area is 74.3 Å². The van der Waals surface area contributed by atoms with E-state index in [0.717, 1.165) is 5.56 Å². The molecule has 0 saturated carbocycles. The first kappa shape index (κ1) is 7.98. The molecule has 0 aromatic heterocycles. The number of benzene rings is 1. The maximum absolute atomic E-state index is 13.2. The number of carboxylic acids is 1. The van der Waals surface area contributed by atoms with Crippen LogP contribution in [0.2, 0.25) is 0 Å². The zero-order valence-electron chi connectivity index (χ0n) is 6.75. The maximum Gasteiger partial charge on any atom is 0.336 e. The highest BCUT2D eigenvalue weighted by Crippen LogP contribution is 2.29. The zero-order valence-corrected chi connectivity index (χ0v) is 6.75. The molecule has 0 spiro atoms. The monoisotopic (exact) mass is 178 g/mol. The molecule has 2 rings (SSSR count). The first-order valence-corrected chi connectivity index (χ1v) is 3.91. The van der Waals surface area contributed by atoms with Crippen molar-refractivity contribution in [1.82, 2.24) is 0 Å². The standard InChI is InChI=1S/C10H7FO2/c11-8-3-1-2-6-4-5-7(9(6)8)10(12)13/h1-3,5H,4H2,(H,12,13). The molecule has 0 aliphatic heterocycles. The molecule has 1 aliphatic carbocycles. The second-order valence-corrected chi connectivity index (χ2v) is 2.90. The fourth-order valence-corrected chi connectivity index (χ4v) is 1.55. The zero-order chi connectivity index (χ0) is 9.42. The van der Waals surface area contributed by atoms with E-state index in [0.29, 0.717) is 6.42 Å². The molecule has 1 aromatic carbocycles. The Balaban J connectivity index is 2.60. The van der Waals surface area contributed by atoms with Crippen LogP contribution in [0.5, 0.6) is 0 Å². The Morgan fingerprint density at radius 3 is 2.92 bits per heavy atom. The number of allylic oxidation sites excluding steroid dienone is 1. The summed E-state index contributed by atoms with van der Waals surface area (Å²) >= 11 is 0. The number of hydrogen-bond donors (Lipinski definition) is 1. The molecule has 1 N–H and O–H groups in total. The van der Waals surface area contributed by atoms with Gasteiger partial charge in [0.05, 0.1) is 5.57 Å². The third kappa shape index (κ3) is 1.13. The van der Waals surface area contributed by atoms with Crippen LogP contribution in [-0.2, 0) is 11.2 Å². The van der Waals surface area contributed by atoms with Gasteiger partial charge >= 0.3 is 5.97 Å². The van der Waals surface area contributed by atoms with Gasteiger partial charge in [-0.1, -0.05) is 18.2 Å². The minimum absolute atomic E-state index is 0.0769. The molecular weight excluding hydrogens is 171 g/mol. The van der Waals surface area contributed by atoms with E-state index in [-0.39, 0.29) is 11.1 Å². The first-order valence-electron chi connectivity index (χ1n) is 3.91. The highest BCUT2D eigenvalue weighted by Gasteiger charge is 2.22. The van der Waals surface area contributed by atoms with Crippen LogP contribution >= 0.6 is 0 Å². The Hall–Kier alpha value is -1.64. The molecule has 0 fully saturated rings. The van der Waals surface area contributed by atoms with Crippen LogP contribution in [0.25, 0.3) is 5.57 Å². The van der Waals surface area contributed by atoms with Crippen LogP contribution in [0.15, 0.2) is 24.3 Å². The average molecular weight is 178 g/mol. The fraction of sp³-hybridized carbons (Fsp3) is 0.100. The molecule has 0 atom stereocenters. The van der Waals surface area contributed by atoms with E-state index < -0.39 is 11.8 Å². The number of aliphatic carboxylic acids is 1. The summed E-state index contributed by atoms with van der Waals surface area (Å²) in [7, 11) is 0. The van der Waals surface area contributed by atoms with Crippen molar-refractivity contribution in [3.8, 4) is 0 Å². The van der Waals surface area contributed by atoms with Crippen molar-refractivity contribution in [2.45, 2.75) is 6.42 Å². The lowest BCUT2D eigenvalue weighted by Gasteiger charge is -2.01. The summed E-state index contributed by atoms with van der Waals surface area (Å²) in [4.78, 5) is 10.7. The second kappa shape index (κ2) is 2.69. The van der Waals surface area contributed by atoms with Gasteiger partial charge in [-0.2, -0.15) is 0 Å². The summed E-state index contributed by atoms with van der Waals surface area (Å²) in [5.41, 5.74) is 1.07. The van der Waals surface area contributed by atoms with Crippen LogP contribution < -0.4 is 0 Å². The van der Waals surface area contributed by atoms with Crippen molar-refractivity contribution in [3.05, 3.63) is 41.2 Å². The molecule has 3 heteroatoms. The predicted octanol–water partition coefficient (Wildman–Crippen LogP) is 1.85. The van der Waals surface area contributed by atoms with Gasteiger partial charge in [-0.3, -0.25) is 0 Å². The highest BCUT2D eigenvalue weighted by molar-refractivity contribution is 6.17. The van der Waals surface area contributed by atoms with Gasteiger partial charge in [0.1, 0.15) is 5.82 Å². The molecule has 13 heavy (non-hydrogen) atoms. The van der Waals surface area contributed by atoms with E-state index >= 15 is 0 Å². The Morgan fingerprint density at radius 1 is 1.46 bits per heavy atom. The molecule has 0 saturated heterocycles. The van der Waals surface area contributed by atoms with Crippen molar-refractivity contribution in [3.63, 3.8) is 0 Å². The summed E-state index contributed by atoms with van der Waals surface area (Å²) in [5, 5.41) is 8.75. The smallest absolute Gasteiger partial charge is 0.336 e. The van der Waals surface area contributed by atoms with Crippen LogP contribution in [0.3, 0.4) is 0 Å². The number of hydrogen-bond acceptors (Lipinski definition) is 1. The number of fused-ring (bicyclic) bond motifs is 1. The second-order valence-electron chi connectivity index (χ2n) is 2.90. The largest absolute Gasteiger partial charge is 0.478 e. The van der Waals surface area contributed by atoms with Gasteiger partial charge in [0.15, 0.2) is 0 Å². The van der Waals surface area contributed by atoms with Crippen molar-refractivity contribution in [2.75, 3.05) is 0 Å². The van der Waals surface area contributed by atoms with Crippen molar-refractivity contribution >= 4 is 11.5 Å². The van der Waals surface area contributed by atoms with Gasteiger partial charge in [0.2, 0.25) is 0 Å². The molecule has 1 aromatic rings. The number of carbonyl (C=O) groups is 1. The van der Waals surface area contributed by atoms with Crippen molar-refractivity contribution in [1.29, 1.82) is 0 Å². The average Bonchev–Trinajstić information content (AvgIpc) is 2.49. The van der Waals surface area contributed by atoms with Crippen LogP contribution in [0, 0.1) is 5.82 Å². The van der Waals surface area contributed by atoms with E-state index in [9.17, 15) is 9.18 Å². The van der Waals surface area contributed by atoms with E-state index in [1.54, 1.807) is 12.1 Å². The molecule has 0 radical (unpaired) electrons. The predicted molar refractivity (Wildman–Crippen MR) is 45.7 cm³/mol. The van der Waals surface area contributed by atoms with Gasteiger partial charge in [-0.15, -0.1) is 0 Å². The van der Waals surface area contributed by atoms with Crippen molar-refractivity contribution in [2.24, 2.45) is 0 Å². The third-order valence-corrected chi connectivity index (χ3v) is 2.13. The molecule has 0 heterocycles. The number of halogens is 1. The van der Waals surface area contributed by atoms with E-state index in [4.69, 9.17) is 5.11 Å². The number of carboxylic acid groups (broad SMARTS) is 1. The molecule has 0 bridgehead atoms. The summed E-state index contributed by atoms with van der Waals surface area (Å²) in [6.45, 7) is 0. The van der Waals surface area contributed by atoms with Gasteiger partial charge in [0.25, 0.3) is 0 Å². The minimum Gasteiger partial charge on any atom is -0.478 e. The molecule has 1 aliphatic rings. The summed E-state index contributed by atoms with van der Waals surface area (Å²) in [6, 6.07) is 4.61. The van der Waals surface area contributed by atoms with Gasteiger partial charge in [-0.25, -0.2) is 9.18 Å². The molecule has 2 nitrogen and oxygen atoms in total. The third-order valence-electron chi connectivity index (χ3n) is 2.13. The van der Waals surface area contributed by atoms with Crippen LogP contribution in [0.1, 0.15) is 11.1 Å². The van der Waals surface area contributed by atoms with Crippen LogP contribution in [-0.4, -0.2) is 11.1 Å². The molecule has 66 valence electrons. The van der Waals surface area contributed by atoms with Gasteiger partial charge in [-0.05, 0) is 18.1 Å². The highest BCUT2D eigenvalue weighted by atomic mass is 19.1. The normalized spacial score (nSPS) is 13.8. The van der Waals surface area contributed by atoms with E-state index in [1.165, 1.54) is 12.1 Å². The van der Waals surface area contributed by atoms with Gasteiger partial charge < -0.3 is 5.11 Å². The SMILES string of the molecule is O=C(O)C1=CCc2cccc(F)c21. The first-order chi connectivity index (χ1) is 6.20. The molecule has 0 amide bonds. The Kier molecular flexibility index (Phi) is 1.65. The summed E-state index contributed by atoms with van der Waals surface area (Å²) in [6.07, 6.45) is 2.05. The van der Waals surface area contributed by atoms with Crippen molar-refractivity contribution < 1.29 is 14.3 Å². The fourth-order valence-electron chi connectivity index (χ4n) is 1.55. The summed E-state index contributed by atoms with van der Waals surface area (Å²) in [5.74, 6) is -1.52. The lowest BCUT2D eigenvalue weighted by molar-refractivity contribution is -0.130. The minimum atomic E-state index is -1.07. The maximum atomic E-state index is 13.2. The Morgan fingerprint density at radius 2 is 2.23 bits per heavy atom. The molecule has 0 unspecified atom stereocenters. The van der Waals surface area contributed by atoms with Gasteiger partial charge in [0, 0.05) is 5.56 Å². The van der Waals surface area contributed by atoms with E-state index in [1.807, 2.05) is 0 Å². The topological polar surface area (TPSA) is 37.3 Å². The number of rotatable bonds is 1. The van der Waals surface area contributed by atoms with Crippen LogP contribution in [0.4, 0.5) is 4.39 Å². The lowest BCUT2D eigenvalue weighted by atomic mass is 10.1. The lowest BCUT2D eigenvalue weighted by Crippen LogP contribution is -2.00.